The molecule has 2 aromatic rings. The first-order chi connectivity index (χ1) is 9.52. The fraction of sp³-hybridized carbons (Fsp3) is 0.538. The van der Waals surface area contributed by atoms with Crippen molar-refractivity contribution >= 4 is 22.8 Å². The third kappa shape index (κ3) is 2.87. The molecule has 2 heterocycles. The van der Waals surface area contributed by atoms with Gasteiger partial charge in [-0.2, -0.15) is 5.10 Å². The second-order valence-corrected chi connectivity index (χ2v) is 5.08. The first-order valence-electron chi connectivity index (χ1n) is 6.50. The average Bonchev–Trinajstić information content (AvgIpc) is 2.79. The molecule has 0 amide bonds. The van der Waals surface area contributed by atoms with E-state index >= 15 is 0 Å². The quantitative estimate of drug-likeness (QED) is 0.831. The number of methoxy groups -OCH3 is 1. The molecule has 0 spiro atoms. The number of esters is 1. The Balaban J connectivity index is 2.30. The van der Waals surface area contributed by atoms with Gasteiger partial charge in [0.05, 0.1) is 18.7 Å². The summed E-state index contributed by atoms with van der Waals surface area (Å²) in [5.74, 6) is 0.659. The van der Waals surface area contributed by atoms with Crippen molar-refractivity contribution in [2.24, 2.45) is 13.0 Å². The van der Waals surface area contributed by atoms with Crippen LogP contribution in [0.3, 0.4) is 0 Å². The molecule has 0 saturated carbocycles. The van der Waals surface area contributed by atoms with Gasteiger partial charge in [0.15, 0.2) is 5.65 Å². The number of carbonyl (C=O) groups is 1. The zero-order valence-electron chi connectivity index (χ0n) is 12.1. The van der Waals surface area contributed by atoms with Gasteiger partial charge in [-0.1, -0.05) is 13.8 Å². The van der Waals surface area contributed by atoms with Gasteiger partial charge < -0.3 is 10.1 Å². The van der Waals surface area contributed by atoms with Crippen molar-refractivity contribution in [3.8, 4) is 0 Å². The fourth-order valence-corrected chi connectivity index (χ4v) is 2.07. The summed E-state index contributed by atoms with van der Waals surface area (Å²) in [5, 5.41) is 8.07. The number of nitrogens with zero attached hydrogens (tertiary/aromatic N) is 4. The van der Waals surface area contributed by atoms with E-state index in [1.165, 1.54) is 13.4 Å². The highest BCUT2D eigenvalue weighted by molar-refractivity contribution is 5.88. The normalized spacial score (nSPS) is 12.7. The highest BCUT2D eigenvalue weighted by Gasteiger charge is 2.22. The minimum Gasteiger partial charge on any atom is -0.467 e. The molecule has 1 N–H and O–H groups in total. The number of rotatable bonds is 5. The highest BCUT2D eigenvalue weighted by Crippen LogP contribution is 2.20. The van der Waals surface area contributed by atoms with E-state index in [0.717, 1.165) is 11.0 Å². The van der Waals surface area contributed by atoms with Crippen LogP contribution in [0, 0.1) is 5.92 Å². The summed E-state index contributed by atoms with van der Waals surface area (Å²) in [6.07, 6.45) is 3.80. The number of aromatic nitrogens is 4. The second-order valence-electron chi connectivity index (χ2n) is 5.08. The molecule has 0 aliphatic heterocycles. The second kappa shape index (κ2) is 5.85. The standard InChI is InChI=1S/C13H19N5O2/c1-8(2)5-10(13(19)20-4)17-11-9-6-16-18(3)12(9)15-7-14-11/h6-8,10H,5H2,1-4H3,(H,14,15,17). The van der Waals surface area contributed by atoms with Crippen molar-refractivity contribution in [3.63, 3.8) is 0 Å². The van der Waals surface area contributed by atoms with Crippen LogP contribution in [-0.4, -0.2) is 38.9 Å². The van der Waals surface area contributed by atoms with E-state index in [0.29, 0.717) is 18.2 Å². The lowest BCUT2D eigenvalue weighted by Crippen LogP contribution is -2.32. The summed E-state index contributed by atoms with van der Waals surface area (Å²) in [6.45, 7) is 4.11. The van der Waals surface area contributed by atoms with Crippen molar-refractivity contribution in [1.82, 2.24) is 19.7 Å². The fourth-order valence-electron chi connectivity index (χ4n) is 2.07. The Hall–Kier alpha value is -2.18. The van der Waals surface area contributed by atoms with E-state index in [9.17, 15) is 4.79 Å². The number of hydrogen-bond acceptors (Lipinski definition) is 6. The molecule has 0 aliphatic rings. The molecule has 7 nitrogen and oxygen atoms in total. The van der Waals surface area contributed by atoms with Gasteiger partial charge in [0.25, 0.3) is 0 Å². The van der Waals surface area contributed by atoms with E-state index in [4.69, 9.17) is 4.74 Å². The Kier molecular flexibility index (Phi) is 4.16. The number of ether oxygens (including phenoxy) is 1. The lowest BCUT2D eigenvalue weighted by molar-refractivity contribution is -0.141. The third-order valence-corrected chi connectivity index (χ3v) is 3.03. The molecule has 7 heteroatoms. The zero-order chi connectivity index (χ0) is 14.7. The Morgan fingerprint density at radius 3 is 2.85 bits per heavy atom. The van der Waals surface area contributed by atoms with Crippen molar-refractivity contribution in [3.05, 3.63) is 12.5 Å². The molecule has 2 aromatic heterocycles. The molecule has 0 bridgehead atoms. The molecular weight excluding hydrogens is 258 g/mol. The van der Waals surface area contributed by atoms with E-state index in [-0.39, 0.29) is 5.97 Å². The molecule has 2 rings (SSSR count). The molecule has 0 aliphatic carbocycles. The van der Waals surface area contributed by atoms with Crippen LogP contribution in [0.15, 0.2) is 12.5 Å². The van der Waals surface area contributed by atoms with Gasteiger partial charge in [0.2, 0.25) is 0 Å². The van der Waals surface area contributed by atoms with E-state index < -0.39 is 6.04 Å². The predicted octanol–water partition coefficient (Wildman–Crippen LogP) is 1.36. The smallest absolute Gasteiger partial charge is 0.328 e. The highest BCUT2D eigenvalue weighted by atomic mass is 16.5. The lowest BCUT2D eigenvalue weighted by atomic mass is 10.0. The SMILES string of the molecule is COC(=O)C(CC(C)C)Nc1ncnc2c1cnn2C. The van der Waals surface area contributed by atoms with Crippen molar-refractivity contribution < 1.29 is 9.53 Å². The van der Waals surface area contributed by atoms with Crippen LogP contribution >= 0.6 is 0 Å². The van der Waals surface area contributed by atoms with Gasteiger partial charge in [-0.05, 0) is 12.3 Å². The Morgan fingerprint density at radius 2 is 2.20 bits per heavy atom. The number of aryl methyl sites for hydroxylation is 1. The zero-order valence-corrected chi connectivity index (χ0v) is 12.1. The van der Waals surface area contributed by atoms with Gasteiger partial charge in [-0.25, -0.2) is 14.8 Å². The molecule has 0 saturated heterocycles. The summed E-state index contributed by atoms with van der Waals surface area (Å²) in [4.78, 5) is 20.2. The van der Waals surface area contributed by atoms with Crippen LogP contribution in [0.4, 0.5) is 5.82 Å². The van der Waals surface area contributed by atoms with Crippen LogP contribution in [-0.2, 0) is 16.6 Å². The largest absolute Gasteiger partial charge is 0.467 e. The first-order valence-corrected chi connectivity index (χ1v) is 6.50. The molecule has 0 fully saturated rings. The number of nitrogens with one attached hydrogen (secondary N) is 1. The van der Waals surface area contributed by atoms with Gasteiger partial charge >= 0.3 is 5.97 Å². The Bertz CT molecular complexity index is 608. The monoisotopic (exact) mass is 277 g/mol. The van der Waals surface area contributed by atoms with E-state index in [1.54, 1.807) is 10.9 Å². The van der Waals surface area contributed by atoms with E-state index in [1.807, 2.05) is 7.05 Å². The van der Waals surface area contributed by atoms with Crippen LogP contribution in [0.5, 0.6) is 0 Å². The maximum absolute atomic E-state index is 11.8. The summed E-state index contributed by atoms with van der Waals surface area (Å²) >= 11 is 0. The number of hydrogen-bond donors (Lipinski definition) is 1. The summed E-state index contributed by atoms with van der Waals surface area (Å²) < 4.78 is 6.50. The van der Waals surface area contributed by atoms with Crippen LogP contribution in [0.1, 0.15) is 20.3 Å². The summed E-state index contributed by atoms with van der Waals surface area (Å²) in [7, 11) is 3.20. The van der Waals surface area contributed by atoms with Crippen LogP contribution < -0.4 is 5.32 Å². The summed E-state index contributed by atoms with van der Waals surface area (Å²) in [6, 6.07) is -0.432. The average molecular weight is 277 g/mol. The van der Waals surface area contributed by atoms with Crippen LogP contribution in [0.25, 0.3) is 11.0 Å². The predicted molar refractivity (Wildman–Crippen MR) is 75.2 cm³/mol. The number of anilines is 1. The Morgan fingerprint density at radius 1 is 1.45 bits per heavy atom. The molecule has 20 heavy (non-hydrogen) atoms. The topological polar surface area (TPSA) is 81.9 Å². The van der Waals surface area contributed by atoms with Crippen LogP contribution in [0.2, 0.25) is 0 Å². The summed E-state index contributed by atoms with van der Waals surface area (Å²) in [5.41, 5.74) is 0.718. The molecule has 108 valence electrons. The van der Waals surface area contributed by atoms with Gasteiger partial charge in [0.1, 0.15) is 18.2 Å². The van der Waals surface area contributed by atoms with Gasteiger partial charge in [-0.3, -0.25) is 4.68 Å². The lowest BCUT2D eigenvalue weighted by Gasteiger charge is -2.18. The molecular formula is C13H19N5O2. The number of fused-ring (bicyclic) bond motifs is 1. The molecule has 1 atom stereocenters. The van der Waals surface area contributed by atoms with E-state index in [2.05, 4.69) is 34.2 Å². The van der Waals surface area contributed by atoms with Crippen molar-refractivity contribution in [1.29, 1.82) is 0 Å². The van der Waals surface area contributed by atoms with Gasteiger partial charge in [-0.15, -0.1) is 0 Å². The third-order valence-electron chi connectivity index (χ3n) is 3.03. The van der Waals surface area contributed by atoms with Gasteiger partial charge in [0, 0.05) is 7.05 Å². The van der Waals surface area contributed by atoms with Crippen molar-refractivity contribution in [2.75, 3.05) is 12.4 Å². The Labute approximate surface area is 117 Å². The first kappa shape index (κ1) is 14.2. The molecule has 0 radical (unpaired) electrons. The molecule has 1 unspecified atom stereocenters. The maximum atomic E-state index is 11.8. The maximum Gasteiger partial charge on any atom is 0.328 e. The minimum atomic E-state index is -0.432. The minimum absolute atomic E-state index is 0.297. The molecule has 0 aromatic carbocycles. The number of carbonyl (C=O) groups excluding carboxylic acids is 1. The van der Waals surface area contributed by atoms with Crippen molar-refractivity contribution in [2.45, 2.75) is 26.3 Å².